The van der Waals surface area contributed by atoms with E-state index in [0.29, 0.717) is 24.8 Å². The molecule has 0 aliphatic heterocycles. The number of nitrogens with zero attached hydrogens (tertiary/aromatic N) is 2. The molecule has 1 aliphatic rings. The van der Waals surface area contributed by atoms with Gasteiger partial charge in [0.1, 0.15) is 5.69 Å². The van der Waals surface area contributed by atoms with Crippen molar-refractivity contribution in [1.29, 1.82) is 0 Å². The van der Waals surface area contributed by atoms with E-state index >= 15 is 0 Å². The first kappa shape index (κ1) is 15.8. The Kier molecular flexibility index (Phi) is 5.76. The average molecular weight is 303 g/mol. The maximum atomic E-state index is 10.9. The Morgan fingerprint density at radius 2 is 2.05 bits per heavy atom. The van der Waals surface area contributed by atoms with Gasteiger partial charge in [0.2, 0.25) is 0 Å². The van der Waals surface area contributed by atoms with Crippen molar-refractivity contribution >= 4 is 17.3 Å². The topological polar surface area (TPSA) is 91.6 Å². The van der Waals surface area contributed by atoms with Gasteiger partial charge in [-0.1, -0.05) is 24.3 Å². The second-order valence-electron chi connectivity index (χ2n) is 4.98. The Labute approximate surface area is 129 Å². The van der Waals surface area contributed by atoms with Crippen LogP contribution in [0.1, 0.15) is 12.8 Å². The van der Waals surface area contributed by atoms with Gasteiger partial charge in [-0.15, -0.1) is 0 Å². The molecule has 0 atom stereocenters. The number of benzene rings is 1. The fourth-order valence-corrected chi connectivity index (χ4v) is 2.28. The standard InChI is InChI=1S/C15H21N5O2/c1-16-15(19-12-6-2-3-7-12)18-11-10-17-13-8-4-5-9-14(13)20(21)22/h2-5,8-9,12,17H,6-7,10-11H2,1H3,(H2,16,18,19). The van der Waals surface area contributed by atoms with Gasteiger partial charge in [0.25, 0.3) is 5.69 Å². The SMILES string of the molecule is CN=C(NCCNc1ccccc1[N+](=O)[O-])NC1CC=CC1. The number of anilines is 1. The first-order valence-corrected chi connectivity index (χ1v) is 7.30. The van der Waals surface area contributed by atoms with Crippen molar-refractivity contribution in [2.75, 3.05) is 25.5 Å². The van der Waals surface area contributed by atoms with Crippen LogP contribution in [0.15, 0.2) is 41.4 Å². The van der Waals surface area contributed by atoms with Gasteiger partial charge in [-0.25, -0.2) is 0 Å². The van der Waals surface area contributed by atoms with Crippen molar-refractivity contribution in [3.8, 4) is 0 Å². The Bertz CT molecular complexity index is 563. The van der Waals surface area contributed by atoms with Crippen LogP contribution in [0.2, 0.25) is 0 Å². The van der Waals surface area contributed by atoms with E-state index in [1.165, 1.54) is 6.07 Å². The summed E-state index contributed by atoms with van der Waals surface area (Å²) in [7, 11) is 1.73. The minimum atomic E-state index is -0.386. The molecule has 0 unspecified atom stereocenters. The molecule has 0 fully saturated rings. The second-order valence-corrected chi connectivity index (χ2v) is 4.98. The second kappa shape index (κ2) is 8.02. The molecule has 0 saturated carbocycles. The summed E-state index contributed by atoms with van der Waals surface area (Å²) in [5, 5.41) is 20.5. The van der Waals surface area contributed by atoms with E-state index in [0.717, 1.165) is 18.8 Å². The molecule has 7 nitrogen and oxygen atoms in total. The summed E-state index contributed by atoms with van der Waals surface area (Å²) in [5.74, 6) is 0.748. The van der Waals surface area contributed by atoms with Crippen LogP contribution in [-0.4, -0.2) is 37.1 Å². The highest BCUT2D eigenvalue weighted by molar-refractivity contribution is 5.80. The third-order valence-electron chi connectivity index (χ3n) is 3.41. The molecule has 22 heavy (non-hydrogen) atoms. The predicted molar refractivity (Wildman–Crippen MR) is 88.2 cm³/mol. The van der Waals surface area contributed by atoms with E-state index in [1.807, 2.05) is 0 Å². The van der Waals surface area contributed by atoms with Gasteiger partial charge in [0.05, 0.1) is 4.92 Å². The van der Waals surface area contributed by atoms with Crippen molar-refractivity contribution in [3.63, 3.8) is 0 Å². The van der Waals surface area contributed by atoms with Crippen molar-refractivity contribution in [2.24, 2.45) is 4.99 Å². The van der Waals surface area contributed by atoms with Crippen LogP contribution in [0.3, 0.4) is 0 Å². The largest absolute Gasteiger partial charge is 0.378 e. The van der Waals surface area contributed by atoms with Crippen LogP contribution in [-0.2, 0) is 0 Å². The Hall–Kier alpha value is -2.57. The quantitative estimate of drug-likeness (QED) is 0.186. The van der Waals surface area contributed by atoms with E-state index in [1.54, 1.807) is 25.2 Å². The summed E-state index contributed by atoms with van der Waals surface area (Å²) in [4.78, 5) is 14.7. The zero-order valence-electron chi connectivity index (χ0n) is 12.6. The highest BCUT2D eigenvalue weighted by Crippen LogP contribution is 2.22. The highest BCUT2D eigenvalue weighted by atomic mass is 16.6. The molecular weight excluding hydrogens is 282 g/mol. The average Bonchev–Trinajstić information content (AvgIpc) is 3.03. The molecule has 0 bridgehead atoms. The third kappa shape index (κ3) is 4.47. The molecule has 7 heteroatoms. The number of nitro groups is 1. The zero-order chi connectivity index (χ0) is 15.8. The number of hydrogen-bond acceptors (Lipinski definition) is 4. The lowest BCUT2D eigenvalue weighted by molar-refractivity contribution is -0.384. The first-order chi connectivity index (χ1) is 10.7. The molecule has 2 rings (SSSR count). The van der Waals surface area contributed by atoms with E-state index < -0.39 is 0 Å². The van der Waals surface area contributed by atoms with Crippen LogP contribution in [0.5, 0.6) is 0 Å². The van der Waals surface area contributed by atoms with Crippen molar-refractivity contribution < 1.29 is 4.92 Å². The van der Waals surface area contributed by atoms with Gasteiger partial charge in [0, 0.05) is 32.2 Å². The fraction of sp³-hybridized carbons (Fsp3) is 0.400. The molecule has 0 spiro atoms. The van der Waals surface area contributed by atoms with Crippen LogP contribution in [0.25, 0.3) is 0 Å². The summed E-state index contributed by atoms with van der Waals surface area (Å²) in [6, 6.07) is 7.02. The van der Waals surface area contributed by atoms with E-state index in [2.05, 4.69) is 33.1 Å². The van der Waals surface area contributed by atoms with Crippen LogP contribution in [0, 0.1) is 10.1 Å². The lowest BCUT2D eigenvalue weighted by Gasteiger charge is -2.17. The van der Waals surface area contributed by atoms with Gasteiger partial charge < -0.3 is 16.0 Å². The molecule has 0 saturated heterocycles. The van der Waals surface area contributed by atoms with Crippen LogP contribution < -0.4 is 16.0 Å². The molecular formula is C15H21N5O2. The maximum absolute atomic E-state index is 10.9. The molecule has 0 aromatic heterocycles. The molecule has 1 aromatic rings. The third-order valence-corrected chi connectivity index (χ3v) is 3.41. The van der Waals surface area contributed by atoms with E-state index in [-0.39, 0.29) is 10.6 Å². The normalized spacial score (nSPS) is 14.9. The smallest absolute Gasteiger partial charge is 0.292 e. The molecule has 0 heterocycles. The van der Waals surface area contributed by atoms with Crippen LogP contribution in [0.4, 0.5) is 11.4 Å². The van der Waals surface area contributed by atoms with Crippen LogP contribution >= 0.6 is 0 Å². The minimum Gasteiger partial charge on any atom is -0.378 e. The Balaban J connectivity index is 1.75. The minimum absolute atomic E-state index is 0.0852. The predicted octanol–water partition coefficient (Wildman–Crippen LogP) is 1.89. The molecule has 1 aliphatic carbocycles. The monoisotopic (exact) mass is 303 g/mol. The summed E-state index contributed by atoms with van der Waals surface area (Å²) >= 11 is 0. The number of guanidine groups is 1. The van der Waals surface area contributed by atoms with E-state index in [9.17, 15) is 10.1 Å². The fourth-order valence-electron chi connectivity index (χ4n) is 2.28. The molecule has 3 N–H and O–H groups in total. The van der Waals surface area contributed by atoms with Crippen molar-refractivity contribution in [3.05, 3.63) is 46.5 Å². The number of rotatable bonds is 6. The van der Waals surface area contributed by atoms with Gasteiger partial charge in [0.15, 0.2) is 5.96 Å². The molecule has 0 radical (unpaired) electrons. The Morgan fingerprint density at radius 1 is 1.32 bits per heavy atom. The van der Waals surface area contributed by atoms with Crippen molar-refractivity contribution in [1.82, 2.24) is 10.6 Å². The van der Waals surface area contributed by atoms with Gasteiger partial charge >= 0.3 is 0 Å². The number of nitro benzene ring substituents is 1. The van der Waals surface area contributed by atoms with Gasteiger partial charge in [-0.2, -0.15) is 0 Å². The summed E-state index contributed by atoms with van der Waals surface area (Å²) in [5.41, 5.74) is 0.610. The molecule has 1 aromatic carbocycles. The Morgan fingerprint density at radius 3 is 2.73 bits per heavy atom. The van der Waals surface area contributed by atoms with Gasteiger partial charge in [-0.3, -0.25) is 15.1 Å². The summed E-state index contributed by atoms with van der Waals surface area (Å²) in [6.07, 6.45) is 6.33. The first-order valence-electron chi connectivity index (χ1n) is 7.30. The lowest BCUT2D eigenvalue weighted by Crippen LogP contribution is -2.43. The number of aliphatic imine (C=N–C) groups is 1. The molecule has 0 amide bonds. The van der Waals surface area contributed by atoms with Gasteiger partial charge in [-0.05, 0) is 18.9 Å². The van der Waals surface area contributed by atoms with E-state index in [4.69, 9.17) is 0 Å². The highest BCUT2D eigenvalue weighted by Gasteiger charge is 2.12. The number of para-hydroxylation sites is 2. The lowest BCUT2D eigenvalue weighted by atomic mass is 10.2. The number of nitrogens with one attached hydrogen (secondary N) is 3. The molecule has 118 valence electrons. The summed E-state index contributed by atoms with van der Waals surface area (Å²) in [6.45, 7) is 1.18. The maximum Gasteiger partial charge on any atom is 0.292 e. The van der Waals surface area contributed by atoms with Crippen molar-refractivity contribution in [2.45, 2.75) is 18.9 Å². The zero-order valence-corrected chi connectivity index (χ0v) is 12.6. The number of hydrogen-bond donors (Lipinski definition) is 3. The summed E-state index contributed by atoms with van der Waals surface area (Å²) < 4.78 is 0.